The molecule has 2 aromatic carbocycles. The standard InChI is InChI=1S/C13H9ClF3N3O/c14-7-4-5(18)3-6(13(19)21)12(7)20-9-2-1-8(15)10(16)11(9)17/h1-4,20H,18H2,(H2,19,21). The van der Waals surface area contributed by atoms with Crippen molar-refractivity contribution in [1.82, 2.24) is 0 Å². The zero-order chi connectivity index (χ0) is 15.7. The molecule has 8 heteroatoms. The predicted octanol–water partition coefficient (Wildman–Crippen LogP) is 3.18. The molecule has 0 aliphatic heterocycles. The van der Waals surface area contributed by atoms with E-state index in [2.05, 4.69) is 5.32 Å². The molecule has 0 unspecified atom stereocenters. The van der Waals surface area contributed by atoms with Gasteiger partial charge in [0, 0.05) is 5.69 Å². The van der Waals surface area contributed by atoms with Gasteiger partial charge in [-0.3, -0.25) is 4.79 Å². The third kappa shape index (κ3) is 2.87. The zero-order valence-corrected chi connectivity index (χ0v) is 11.1. The third-order valence-corrected chi connectivity index (χ3v) is 2.97. The van der Waals surface area contributed by atoms with Gasteiger partial charge in [0.2, 0.25) is 0 Å². The van der Waals surface area contributed by atoms with Crippen LogP contribution in [0.3, 0.4) is 0 Å². The molecular formula is C13H9ClF3N3O. The fourth-order valence-electron chi connectivity index (χ4n) is 1.71. The van der Waals surface area contributed by atoms with Crippen molar-refractivity contribution < 1.29 is 18.0 Å². The summed E-state index contributed by atoms with van der Waals surface area (Å²) < 4.78 is 39.7. The highest BCUT2D eigenvalue weighted by atomic mass is 35.5. The number of benzene rings is 2. The maximum atomic E-state index is 13.6. The number of carbonyl (C=O) groups is 1. The molecule has 0 aliphatic rings. The summed E-state index contributed by atoms with van der Waals surface area (Å²) in [5, 5.41) is 2.40. The summed E-state index contributed by atoms with van der Waals surface area (Å²) in [5.41, 5.74) is 10.3. The van der Waals surface area contributed by atoms with Crippen molar-refractivity contribution in [3.8, 4) is 0 Å². The topological polar surface area (TPSA) is 81.1 Å². The molecule has 2 rings (SSSR count). The van der Waals surface area contributed by atoms with Crippen LogP contribution in [0.1, 0.15) is 10.4 Å². The first-order valence-corrected chi connectivity index (χ1v) is 5.98. The minimum absolute atomic E-state index is 0.0204. The van der Waals surface area contributed by atoms with Crippen LogP contribution in [0, 0.1) is 17.5 Å². The van der Waals surface area contributed by atoms with Gasteiger partial charge < -0.3 is 16.8 Å². The molecule has 0 atom stereocenters. The number of amides is 1. The van der Waals surface area contributed by atoms with Crippen molar-refractivity contribution in [1.29, 1.82) is 0 Å². The van der Waals surface area contributed by atoms with Crippen molar-refractivity contribution in [3.05, 3.63) is 52.3 Å². The van der Waals surface area contributed by atoms with Crippen LogP contribution in [0.4, 0.5) is 30.2 Å². The van der Waals surface area contributed by atoms with Crippen LogP contribution in [0.25, 0.3) is 0 Å². The molecule has 0 saturated carbocycles. The normalized spacial score (nSPS) is 10.5. The molecule has 5 N–H and O–H groups in total. The summed E-state index contributed by atoms with van der Waals surface area (Å²) in [6.45, 7) is 0. The first kappa shape index (κ1) is 15.0. The Morgan fingerprint density at radius 2 is 1.81 bits per heavy atom. The van der Waals surface area contributed by atoms with Gasteiger partial charge in [-0.1, -0.05) is 11.6 Å². The van der Waals surface area contributed by atoms with E-state index < -0.39 is 29.0 Å². The number of primary amides is 1. The van der Waals surface area contributed by atoms with E-state index in [-0.39, 0.29) is 22.0 Å². The molecule has 0 fully saturated rings. The molecule has 0 saturated heterocycles. The molecule has 0 aromatic heterocycles. The Labute approximate surface area is 122 Å². The van der Waals surface area contributed by atoms with Gasteiger partial charge in [0.05, 0.1) is 22.0 Å². The maximum Gasteiger partial charge on any atom is 0.250 e. The lowest BCUT2D eigenvalue weighted by atomic mass is 10.1. The van der Waals surface area contributed by atoms with Crippen LogP contribution in [0.5, 0.6) is 0 Å². The van der Waals surface area contributed by atoms with E-state index in [0.717, 1.165) is 12.1 Å². The van der Waals surface area contributed by atoms with Gasteiger partial charge in [0.1, 0.15) is 0 Å². The van der Waals surface area contributed by atoms with Crippen molar-refractivity contribution >= 4 is 34.6 Å². The molecule has 0 heterocycles. The number of carbonyl (C=O) groups excluding carboxylic acids is 1. The lowest BCUT2D eigenvalue weighted by Crippen LogP contribution is -2.14. The Kier molecular flexibility index (Phi) is 3.95. The van der Waals surface area contributed by atoms with Gasteiger partial charge in [0.25, 0.3) is 5.91 Å². The van der Waals surface area contributed by atoms with E-state index in [0.29, 0.717) is 0 Å². The van der Waals surface area contributed by atoms with Crippen LogP contribution in [0.15, 0.2) is 24.3 Å². The number of halogens is 4. The highest BCUT2D eigenvalue weighted by molar-refractivity contribution is 6.34. The van der Waals surface area contributed by atoms with Crippen LogP contribution >= 0.6 is 11.6 Å². The first-order valence-electron chi connectivity index (χ1n) is 5.60. The van der Waals surface area contributed by atoms with Gasteiger partial charge in [-0.15, -0.1) is 0 Å². The minimum Gasteiger partial charge on any atom is -0.399 e. The highest BCUT2D eigenvalue weighted by Crippen LogP contribution is 2.33. The molecule has 1 amide bonds. The monoisotopic (exact) mass is 315 g/mol. The number of nitrogens with one attached hydrogen (secondary N) is 1. The summed E-state index contributed by atoms with van der Waals surface area (Å²) >= 11 is 5.91. The molecule has 0 radical (unpaired) electrons. The van der Waals surface area contributed by atoms with Gasteiger partial charge in [-0.2, -0.15) is 0 Å². The van der Waals surface area contributed by atoms with Crippen LogP contribution < -0.4 is 16.8 Å². The van der Waals surface area contributed by atoms with Gasteiger partial charge in [-0.25, -0.2) is 13.2 Å². The first-order chi connectivity index (χ1) is 9.81. The average Bonchev–Trinajstić information content (AvgIpc) is 2.41. The summed E-state index contributed by atoms with van der Waals surface area (Å²) in [4.78, 5) is 11.4. The van der Waals surface area contributed by atoms with Crippen molar-refractivity contribution in [2.45, 2.75) is 0 Å². The van der Waals surface area contributed by atoms with Gasteiger partial charge in [-0.05, 0) is 24.3 Å². The number of hydrogen-bond donors (Lipinski definition) is 3. The Hall–Kier alpha value is -2.41. The second kappa shape index (κ2) is 5.53. The van der Waals surface area contributed by atoms with Gasteiger partial charge in [0.15, 0.2) is 17.5 Å². The Morgan fingerprint density at radius 1 is 1.14 bits per heavy atom. The third-order valence-electron chi connectivity index (χ3n) is 2.67. The fraction of sp³-hybridized carbons (Fsp3) is 0. The molecule has 21 heavy (non-hydrogen) atoms. The van der Waals surface area contributed by atoms with Crippen LogP contribution in [0.2, 0.25) is 5.02 Å². The predicted molar refractivity (Wildman–Crippen MR) is 74.0 cm³/mol. The number of nitrogen functional groups attached to an aromatic ring is 1. The lowest BCUT2D eigenvalue weighted by Gasteiger charge is -2.14. The number of rotatable bonds is 3. The van der Waals surface area contributed by atoms with E-state index in [9.17, 15) is 18.0 Å². The van der Waals surface area contributed by atoms with E-state index in [4.69, 9.17) is 23.1 Å². The second-order valence-electron chi connectivity index (χ2n) is 4.14. The number of anilines is 3. The summed E-state index contributed by atoms with van der Waals surface area (Å²) in [7, 11) is 0. The Balaban J connectivity index is 2.54. The largest absolute Gasteiger partial charge is 0.399 e. The van der Waals surface area contributed by atoms with E-state index in [1.54, 1.807) is 0 Å². The van der Waals surface area contributed by atoms with E-state index in [1.165, 1.54) is 12.1 Å². The minimum atomic E-state index is -1.65. The molecule has 110 valence electrons. The number of hydrogen-bond acceptors (Lipinski definition) is 3. The average molecular weight is 316 g/mol. The Bertz CT molecular complexity index is 737. The zero-order valence-electron chi connectivity index (χ0n) is 10.4. The maximum absolute atomic E-state index is 13.6. The van der Waals surface area contributed by atoms with E-state index >= 15 is 0 Å². The molecule has 2 aromatic rings. The van der Waals surface area contributed by atoms with Crippen LogP contribution in [-0.2, 0) is 0 Å². The van der Waals surface area contributed by atoms with Gasteiger partial charge >= 0.3 is 0 Å². The number of nitrogens with two attached hydrogens (primary N) is 2. The Morgan fingerprint density at radius 3 is 2.43 bits per heavy atom. The molecular weight excluding hydrogens is 307 g/mol. The highest BCUT2D eigenvalue weighted by Gasteiger charge is 2.18. The van der Waals surface area contributed by atoms with Crippen LogP contribution in [-0.4, -0.2) is 5.91 Å². The van der Waals surface area contributed by atoms with Crippen molar-refractivity contribution in [2.24, 2.45) is 5.73 Å². The molecule has 0 spiro atoms. The smallest absolute Gasteiger partial charge is 0.250 e. The molecule has 0 bridgehead atoms. The summed E-state index contributed by atoms with van der Waals surface area (Å²) in [5.74, 6) is -5.29. The van der Waals surface area contributed by atoms with E-state index in [1.807, 2.05) is 0 Å². The summed E-state index contributed by atoms with van der Waals surface area (Å²) in [6.07, 6.45) is 0. The molecule has 0 aliphatic carbocycles. The van der Waals surface area contributed by atoms with Crippen molar-refractivity contribution in [3.63, 3.8) is 0 Å². The SMILES string of the molecule is NC(=O)c1cc(N)cc(Cl)c1Nc1ccc(F)c(F)c1F. The molecule has 4 nitrogen and oxygen atoms in total. The summed E-state index contributed by atoms with van der Waals surface area (Å²) in [6, 6.07) is 4.23. The second-order valence-corrected chi connectivity index (χ2v) is 4.54. The fourth-order valence-corrected chi connectivity index (χ4v) is 1.98. The van der Waals surface area contributed by atoms with Crippen molar-refractivity contribution in [2.75, 3.05) is 11.1 Å². The quantitative estimate of drug-likeness (QED) is 0.601. The lowest BCUT2D eigenvalue weighted by molar-refractivity contribution is 0.100.